The summed E-state index contributed by atoms with van der Waals surface area (Å²) in [6, 6.07) is 5.65. The number of ether oxygens (including phenoxy) is 2. The van der Waals surface area contributed by atoms with Crippen LogP contribution in [0, 0.1) is 0 Å². The predicted molar refractivity (Wildman–Crippen MR) is 67.6 cm³/mol. The molecular formula is C12H16BrNO2. The van der Waals surface area contributed by atoms with Crippen LogP contribution in [0.5, 0.6) is 5.75 Å². The summed E-state index contributed by atoms with van der Waals surface area (Å²) in [7, 11) is 0. The molecule has 0 aliphatic carbocycles. The zero-order valence-corrected chi connectivity index (χ0v) is 10.7. The molecule has 1 aromatic carbocycles. The van der Waals surface area contributed by atoms with Crippen molar-refractivity contribution in [3.63, 3.8) is 0 Å². The van der Waals surface area contributed by atoms with Crippen molar-refractivity contribution in [3.8, 4) is 5.75 Å². The second kappa shape index (κ2) is 5.55. The number of nitrogens with two attached hydrogens (primary N) is 1. The van der Waals surface area contributed by atoms with Gasteiger partial charge in [0.2, 0.25) is 0 Å². The fourth-order valence-electron chi connectivity index (χ4n) is 1.77. The molecular weight excluding hydrogens is 270 g/mol. The van der Waals surface area contributed by atoms with Gasteiger partial charge in [0.15, 0.2) is 0 Å². The first-order chi connectivity index (χ1) is 7.75. The Kier molecular flexibility index (Phi) is 4.07. The van der Waals surface area contributed by atoms with Gasteiger partial charge in [0.1, 0.15) is 12.4 Å². The van der Waals surface area contributed by atoms with Crippen molar-refractivity contribution in [2.75, 3.05) is 18.9 Å². The van der Waals surface area contributed by atoms with Gasteiger partial charge in [0, 0.05) is 11.1 Å². The number of anilines is 1. The van der Waals surface area contributed by atoms with E-state index in [0.717, 1.165) is 29.7 Å². The summed E-state index contributed by atoms with van der Waals surface area (Å²) in [5.74, 6) is 0.734. The Hall–Kier alpha value is -0.740. The summed E-state index contributed by atoms with van der Waals surface area (Å²) in [6.07, 6.45) is 3.69. The number of hydrogen-bond acceptors (Lipinski definition) is 3. The zero-order chi connectivity index (χ0) is 11.4. The van der Waals surface area contributed by atoms with Crippen LogP contribution < -0.4 is 10.5 Å². The predicted octanol–water partition coefficient (Wildman–Crippen LogP) is 2.98. The molecule has 1 fully saturated rings. The van der Waals surface area contributed by atoms with Gasteiger partial charge in [0.05, 0.1) is 11.8 Å². The van der Waals surface area contributed by atoms with E-state index < -0.39 is 0 Å². The van der Waals surface area contributed by atoms with Gasteiger partial charge in [-0.15, -0.1) is 0 Å². The SMILES string of the molecule is Nc1cc(Br)ccc1OC[C@@H]1CCCCO1. The van der Waals surface area contributed by atoms with Gasteiger partial charge in [-0.1, -0.05) is 15.9 Å². The van der Waals surface area contributed by atoms with Crippen molar-refractivity contribution < 1.29 is 9.47 Å². The van der Waals surface area contributed by atoms with Crippen LogP contribution in [-0.2, 0) is 4.74 Å². The van der Waals surface area contributed by atoms with Gasteiger partial charge in [-0.3, -0.25) is 0 Å². The number of nitrogen functional groups attached to an aromatic ring is 1. The lowest BCUT2D eigenvalue weighted by Gasteiger charge is -2.22. The Morgan fingerprint density at radius 1 is 1.44 bits per heavy atom. The fraction of sp³-hybridized carbons (Fsp3) is 0.500. The van der Waals surface area contributed by atoms with Crippen LogP contribution in [-0.4, -0.2) is 19.3 Å². The second-order valence-corrected chi connectivity index (χ2v) is 4.90. The van der Waals surface area contributed by atoms with Crippen molar-refractivity contribution in [2.45, 2.75) is 25.4 Å². The molecule has 2 N–H and O–H groups in total. The maximum atomic E-state index is 5.84. The fourth-order valence-corrected chi connectivity index (χ4v) is 2.15. The molecule has 2 rings (SSSR count). The third-order valence-corrected chi connectivity index (χ3v) is 3.16. The van der Waals surface area contributed by atoms with E-state index in [0.29, 0.717) is 12.3 Å². The molecule has 4 heteroatoms. The van der Waals surface area contributed by atoms with E-state index in [4.69, 9.17) is 15.2 Å². The lowest BCUT2D eigenvalue weighted by Crippen LogP contribution is -2.25. The second-order valence-electron chi connectivity index (χ2n) is 3.98. The molecule has 88 valence electrons. The molecule has 1 aliphatic heterocycles. The lowest BCUT2D eigenvalue weighted by atomic mass is 10.1. The van der Waals surface area contributed by atoms with Gasteiger partial charge in [-0.25, -0.2) is 0 Å². The average molecular weight is 286 g/mol. The summed E-state index contributed by atoms with van der Waals surface area (Å²) in [5, 5.41) is 0. The first-order valence-electron chi connectivity index (χ1n) is 5.55. The summed E-state index contributed by atoms with van der Waals surface area (Å²) in [6.45, 7) is 1.44. The highest BCUT2D eigenvalue weighted by atomic mass is 79.9. The highest BCUT2D eigenvalue weighted by Crippen LogP contribution is 2.26. The van der Waals surface area contributed by atoms with Crippen LogP contribution >= 0.6 is 15.9 Å². The molecule has 0 unspecified atom stereocenters. The summed E-state index contributed by atoms with van der Waals surface area (Å²) >= 11 is 3.36. The van der Waals surface area contributed by atoms with Crippen LogP contribution in [0.15, 0.2) is 22.7 Å². The van der Waals surface area contributed by atoms with E-state index in [1.807, 2.05) is 18.2 Å². The van der Waals surface area contributed by atoms with Crippen molar-refractivity contribution in [1.29, 1.82) is 0 Å². The molecule has 0 aromatic heterocycles. The maximum absolute atomic E-state index is 5.84. The summed E-state index contributed by atoms with van der Waals surface area (Å²) in [5.41, 5.74) is 6.50. The maximum Gasteiger partial charge on any atom is 0.142 e. The molecule has 16 heavy (non-hydrogen) atoms. The van der Waals surface area contributed by atoms with Crippen molar-refractivity contribution in [3.05, 3.63) is 22.7 Å². The van der Waals surface area contributed by atoms with Gasteiger partial charge in [-0.05, 0) is 37.5 Å². The monoisotopic (exact) mass is 285 g/mol. The standard InChI is InChI=1S/C12H16BrNO2/c13-9-4-5-12(11(14)7-9)16-8-10-3-1-2-6-15-10/h4-5,7,10H,1-3,6,8,14H2/t10-/m0/s1. The normalized spacial score (nSPS) is 20.7. The minimum absolute atomic E-state index is 0.219. The van der Waals surface area contributed by atoms with E-state index in [1.165, 1.54) is 6.42 Å². The van der Waals surface area contributed by atoms with E-state index in [9.17, 15) is 0 Å². The third kappa shape index (κ3) is 3.12. The van der Waals surface area contributed by atoms with Crippen molar-refractivity contribution in [2.24, 2.45) is 0 Å². The topological polar surface area (TPSA) is 44.5 Å². The lowest BCUT2D eigenvalue weighted by molar-refractivity contribution is -0.0109. The summed E-state index contributed by atoms with van der Waals surface area (Å²) < 4.78 is 12.2. The van der Waals surface area contributed by atoms with E-state index in [1.54, 1.807) is 0 Å². The summed E-state index contributed by atoms with van der Waals surface area (Å²) in [4.78, 5) is 0. The highest BCUT2D eigenvalue weighted by Gasteiger charge is 2.14. The number of rotatable bonds is 3. The van der Waals surface area contributed by atoms with E-state index in [2.05, 4.69) is 15.9 Å². The van der Waals surface area contributed by atoms with Crippen LogP contribution in [0.4, 0.5) is 5.69 Å². The van der Waals surface area contributed by atoms with Crippen LogP contribution in [0.3, 0.4) is 0 Å². The Morgan fingerprint density at radius 2 is 2.31 bits per heavy atom. The van der Waals surface area contributed by atoms with Gasteiger partial charge in [-0.2, -0.15) is 0 Å². The molecule has 3 nitrogen and oxygen atoms in total. The van der Waals surface area contributed by atoms with Crippen LogP contribution in [0.2, 0.25) is 0 Å². The Labute approximate surface area is 104 Å². The molecule has 1 aliphatic rings. The molecule has 0 bridgehead atoms. The van der Waals surface area contributed by atoms with Crippen molar-refractivity contribution in [1.82, 2.24) is 0 Å². The minimum atomic E-state index is 0.219. The Bertz CT molecular complexity index is 351. The smallest absolute Gasteiger partial charge is 0.142 e. The van der Waals surface area contributed by atoms with E-state index in [-0.39, 0.29) is 6.10 Å². The van der Waals surface area contributed by atoms with Crippen molar-refractivity contribution >= 4 is 21.6 Å². The highest BCUT2D eigenvalue weighted by molar-refractivity contribution is 9.10. The molecule has 0 radical (unpaired) electrons. The third-order valence-electron chi connectivity index (χ3n) is 2.67. The molecule has 0 saturated carbocycles. The zero-order valence-electron chi connectivity index (χ0n) is 9.12. The Balaban J connectivity index is 1.88. The first kappa shape index (κ1) is 11.7. The molecule has 1 saturated heterocycles. The van der Waals surface area contributed by atoms with Gasteiger partial charge in [0.25, 0.3) is 0 Å². The number of halogens is 1. The van der Waals surface area contributed by atoms with Gasteiger partial charge >= 0.3 is 0 Å². The Morgan fingerprint density at radius 3 is 3.00 bits per heavy atom. The molecule has 1 aromatic rings. The van der Waals surface area contributed by atoms with Crippen LogP contribution in [0.1, 0.15) is 19.3 Å². The molecule has 1 atom stereocenters. The van der Waals surface area contributed by atoms with Gasteiger partial charge < -0.3 is 15.2 Å². The van der Waals surface area contributed by atoms with E-state index >= 15 is 0 Å². The quantitative estimate of drug-likeness (QED) is 0.869. The number of hydrogen-bond donors (Lipinski definition) is 1. The molecule has 0 spiro atoms. The average Bonchev–Trinajstić information content (AvgIpc) is 2.29. The minimum Gasteiger partial charge on any atom is -0.489 e. The largest absolute Gasteiger partial charge is 0.489 e. The first-order valence-corrected chi connectivity index (χ1v) is 6.34. The number of benzene rings is 1. The molecule has 0 amide bonds. The van der Waals surface area contributed by atoms with Crippen LogP contribution in [0.25, 0.3) is 0 Å². The molecule has 1 heterocycles.